The average Bonchev–Trinajstić information content (AvgIpc) is 2.86. The molecule has 0 aromatic heterocycles. The van der Waals surface area contributed by atoms with Crippen LogP contribution in [0.4, 0.5) is 0 Å². The quantitative estimate of drug-likeness (QED) is 0.280. The minimum atomic E-state index is 0.903. The third-order valence-electron chi connectivity index (χ3n) is 5.74. The van der Waals surface area contributed by atoms with Gasteiger partial charge in [0.05, 0.1) is 0 Å². The Morgan fingerprint density at radius 2 is 0.806 bits per heavy atom. The summed E-state index contributed by atoms with van der Waals surface area (Å²) in [5.41, 5.74) is 10.3. The van der Waals surface area contributed by atoms with E-state index in [4.69, 9.17) is 0 Å². The topological polar surface area (TPSA) is 0 Å². The second-order valence-corrected chi connectivity index (χ2v) is 7.78. The summed E-state index contributed by atoms with van der Waals surface area (Å²) in [5, 5.41) is 0. The van der Waals surface area contributed by atoms with Crippen molar-refractivity contribution in [1.29, 1.82) is 0 Å². The molecule has 0 fully saturated rings. The van der Waals surface area contributed by atoms with Gasteiger partial charge in [-0.25, -0.2) is 0 Å². The molecule has 0 saturated carbocycles. The molecule has 0 atom stereocenters. The standard InChI is InChI=1S/C31H24/c1-5-13-24(14-6-1)23-28-21-22-29(25-15-7-2-8-16-25)31(27-19-11-4-12-20-27)30(28)26-17-9-3-10-18-26/h1-22H,23H2. The monoisotopic (exact) mass is 396 g/mol. The maximum atomic E-state index is 2.31. The lowest BCUT2D eigenvalue weighted by Crippen LogP contribution is -1.98. The van der Waals surface area contributed by atoms with Crippen LogP contribution in [0.5, 0.6) is 0 Å². The summed E-state index contributed by atoms with van der Waals surface area (Å²) in [6.07, 6.45) is 0.903. The molecular formula is C31H24. The molecular weight excluding hydrogens is 372 g/mol. The third kappa shape index (κ3) is 4.06. The van der Waals surface area contributed by atoms with Crippen LogP contribution in [-0.2, 0) is 6.42 Å². The highest BCUT2D eigenvalue weighted by atomic mass is 14.2. The van der Waals surface area contributed by atoms with Crippen molar-refractivity contribution >= 4 is 0 Å². The van der Waals surface area contributed by atoms with Crippen LogP contribution in [0.1, 0.15) is 11.1 Å². The van der Waals surface area contributed by atoms with Gasteiger partial charge in [-0.05, 0) is 50.9 Å². The Hall–Kier alpha value is -3.90. The van der Waals surface area contributed by atoms with Gasteiger partial charge in [0.2, 0.25) is 0 Å². The van der Waals surface area contributed by atoms with Gasteiger partial charge in [-0.3, -0.25) is 0 Å². The first kappa shape index (κ1) is 19.1. The maximum Gasteiger partial charge on any atom is -0.00194 e. The van der Waals surface area contributed by atoms with E-state index in [0.29, 0.717) is 0 Å². The van der Waals surface area contributed by atoms with Gasteiger partial charge in [-0.15, -0.1) is 0 Å². The first-order valence-corrected chi connectivity index (χ1v) is 10.8. The molecule has 0 aliphatic carbocycles. The van der Waals surface area contributed by atoms with Gasteiger partial charge in [0.15, 0.2) is 0 Å². The summed E-state index contributed by atoms with van der Waals surface area (Å²) < 4.78 is 0. The fraction of sp³-hybridized carbons (Fsp3) is 0.0323. The number of hydrogen-bond acceptors (Lipinski definition) is 0. The minimum Gasteiger partial charge on any atom is -0.0622 e. The van der Waals surface area contributed by atoms with Crippen LogP contribution in [0, 0.1) is 0 Å². The number of hydrogen-bond donors (Lipinski definition) is 0. The Morgan fingerprint density at radius 3 is 1.35 bits per heavy atom. The van der Waals surface area contributed by atoms with Crippen molar-refractivity contribution in [3.05, 3.63) is 145 Å². The predicted molar refractivity (Wildman–Crippen MR) is 132 cm³/mol. The van der Waals surface area contributed by atoms with Crippen molar-refractivity contribution in [3.63, 3.8) is 0 Å². The lowest BCUT2D eigenvalue weighted by Gasteiger charge is -2.20. The van der Waals surface area contributed by atoms with E-state index in [-0.39, 0.29) is 0 Å². The first-order chi connectivity index (χ1) is 15.4. The van der Waals surface area contributed by atoms with Crippen LogP contribution >= 0.6 is 0 Å². The zero-order valence-corrected chi connectivity index (χ0v) is 17.4. The van der Waals surface area contributed by atoms with Crippen LogP contribution in [0.15, 0.2) is 133 Å². The molecule has 31 heavy (non-hydrogen) atoms. The largest absolute Gasteiger partial charge is 0.0622 e. The molecule has 0 aliphatic heterocycles. The average molecular weight is 397 g/mol. The molecule has 0 amide bonds. The summed E-state index contributed by atoms with van der Waals surface area (Å²) in [4.78, 5) is 0. The molecule has 0 aliphatic rings. The molecule has 148 valence electrons. The first-order valence-electron chi connectivity index (χ1n) is 10.8. The molecule has 0 heterocycles. The van der Waals surface area contributed by atoms with E-state index in [1.807, 2.05) is 0 Å². The minimum absolute atomic E-state index is 0.903. The van der Waals surface area contributed by atoms with Gasteiger partial charge in [-0.2, -0.15) is 0 Å². The van der Waals surface area contributed by atoms with E-state index in [0.717, 1.165) is 6.42 Å². The van der Waals surface area contributed by atoms with E-state index >= 15 is 0 Å². The highest BCUT2D eigenvalue weighted by Crippen LogP contribution is 2.42. The van der Waals surface area contributed by atoms with Crippen molar-refractivity contribution in [3.8, 4) is 33.4 Å². The van der Waals surface area contributed by atoms with Crippen molar-refractivity contribution in [2.24, 2.45) is 0 Å². The summed E-state index contributed by atoms with van der Waals surface area (Å²) in [6.45, 7) is 0. The van der Waals surface area contributed by atoms with Gasteiger partial charge in [-0.1, -0.05) is 133 Å². The Labute approximate surface area is 184 Å². The molecule has 0 bridgehead atoms. The third-order valence-corrected chi connectivity index (χ3v) is 5.74. The lowest BCUT2D eigenvalue weighted by molar-refractivity contribution is 1.20. The van der Waals surface area contributed by atoms with E-state index in [1.54, 1.807) is 0 Å². The Morgan fingerprint density at radius 1 is 0.355 bits per heavy atom. The number of rotatable bonds is 5. The van der Waals surface area contributed by atoms with Gasteiger partial charge >= 0.3 is 0 Å². The van der Waals surface area contributed by atoms with E-state index < -0.39 is 0 Å². The molecule has 5 aromatic carbocycles. The van der Waals surface area contributed by atoms with Crippen LogP contribution in [0.2, 0.25) is 0 Å². The maximum absolute atomic E-state index is 2.31. The van der Waals surface area contributed by atoms with E-state index in [1.165, 1.54) is 44.5 Å². The zero-order valence-electron chi connectivity index (χ0n) is 17.4. The highest BCUT2D eigenvalue weighted by Gasteiger charge is 2.18. The molecule has 0 N–H and O–H groups in total. The molecule has 5 rings (SSSR count). The van der Waals surface area contributed by atoms with Crippen molar-refractivity contribution < 1.29 is 0 Å². The van der Waals surface area contributed by atoms with Gasteiger partial charge < -0.3 is 0 Å². The smallest absolute Gasteiger partial charge is 0.00194 e. The normalized spacial score (nSPS) is 10.7. The molecule has 0 saturated heterocycles. The SMILES string of the molecule is c1ccc(Cc2ccc(-c3ccccc3)c(-c3ccccc3)c2-c2ccccc2)cc1. The lowest BCUT2D eigenvalue weighted by atomic mass is 9.83. The van der Waals surface area contributed by atoms with Crippen molar-refractivity contribution in [1.82, 2.24) is 0 Å². The van der Waals surface area contributed by atoms with E-state index in [2.05, 4.69) is 133 Å². The van der Waals surface area contributed by atoms with Gasteiger partial charge in [0, 0.05) is 0 Å². The molecule has 0 heteroatoms. The summed E-state index contributed by atoms with van der Waals surface area (Å²) in [6, 6.07) is 47.6. The summed E-state index contributed by atoms with van der Waals surface area (Å²) in [5.74, 6) is 0. The molecule has 0 radical (unpaired) electrons. The van der Waals surface area contributed by atoms with Crippen LogP contribution in [-0.4, -0.2) is 0 Å². The second kappa shape index (κ2) is 8.85. The van der Waals surface area contributed by atoms with Crippen LogP contribution < -0.4 is 0 Å². The molecule has 0 spiro atoms. The van der Waals surface area contributed by atoms with Gasteiger partial charge in [0.1, 0.15) is 0 Å². The molecule has 5 aromatic rings. The molecule has 0 unspecified atom stereocenters. The summed E-state index contributed by atoms with van der Waals surface area (Å²) >= 11 is 0. The Bertz CT molecular complexity index is 1260. The fourth-order valence-corrected chi connectivity index (χ4v) is 4.31. The Balaban J connectivity index is 1.81. The van der Waals surface area contributed by atoms with Crippen LogP contribution in [0.3, 0.4) is 0 Å². The predicted octanol–water partition coefficient (Wildman–Crippen LogP) is 8.28. The van der Waals surface area contributed by atoms with Gasteiger partial charge in [0.25, 0.3) is 0 Å². The second-order valence-electron chi connectivity index (χ2n) is 7.78. The molecule has 0 nitrogen and oxygen atoms in total. The van der Waals surface area contributed by atoms with Crippen molar-refractivity contribution in [2.75, 3.05) is 0 Å². The number of benzene rings is 5. The Kier molecular flexibility index (Phi) is 5.45. The van der Waals surface area contributed by atoms with Crippen molar-refractivity contribution in [2.45, 2.75) is 6.42 Å². The summed E-state index contributed by atoms with van der Waals surface area (Å²) in [7, 11) is 0. The van der Waals surface area contributed by atoms with E-state index in [9.17, 15) is 0 Å². The van der Waals surface area contributed by atoms with Crippen LogP contribution in [0.25, 0.3) is 33.4 Å². The zero-order chi connectivity index (χ0) is 20.9. The highest BCUT2D eigenvalue weighted by molar-refractivity contribution is 5.96. The fourth-order valence-electron chi connectivity index (χ4n) is 4.31.